The second-order valence-corrected chi connectivity index (χ2v) is 7.84. The first kappa shape index (κ1) is 17.4. The zero-order valence-corrected chi connectivity index (χ0v) is 14.1. The molecule has 126 valence electrons. The Labute approximate surface area is 136 Å². The van der Waals surface area contributed by atoms with Crippen LogP contribution in [0.25, 0.3) is 0 Å². The Hall–Kier alpha value is -1.96. The van der Waals surface area contributed by atoms with E-state index in [4.69, 9.17) is 0 Å². The summed E-state index contributed by atoms with van der Waals surface area (Å²) in [6.45, 7) is 3.87. The van der Waals surface area contributed by atoms with Crippen LogP contribution in [0.5, 0.6) is 0 Å². The third kappa shape index (κ3) is 4.28. The maximum Gasteiger partial charge on any atom is 0.270 e. The van der Waals surface area contributed by atoms with Gasteiger partial charge in [0, 0.05) is 19.3 Å². The standard InChI is InChI=1S/C15H21N3O4S/c1-3-12-5-4-6-16-13(12)14(19)17-11(2)15(20)18-7-9-23(21,22)10-8-18/h4-6,11H,3,7-10H2,1-2H3,(H,17,19). The van der Waals surface area contributed by atoms with E-state index >= 15 is 0 Å². The van der Waals surface area contributed by atoms with Crippen molar-refractivity contribution in [3.63, 3.8) is 0 Å². The van der Waals surface area contributed by atoms with Gasteiger partial charge in [-0.25, -0.2) is 8.42 Å². The molecule has 1 saturated heterocycles. The van der Waals surface area contributed by atoms with Gasteiger partial charge >= 0.3 is 0 Å². The van der Waals surface area contributed by atoms with Gasteiger partial charge in [0.25, 0.3) is 5.91 Å². The number of hydrogen-bond donors (Lipinski definition) is 1. The van der Waals surface area contributed by atoms with E-state index in [9.17, 15) is 18.0 Å². The summed E-state index contributed by atoms with van der Waals surface area (Å²) in [5, 5.41) is 2.65. The number of aryl methyl sites for hydroxylation is 1. The molecule has 0 radical (unpaired) electrons. The normalized spacial score (nSPS) is 18.3. The van der Waals surface area contributed by atoms with Gasteiger partial charge in [-0.1, -0.05) is 13.0 Å². The Morgan fingerprint density at radius 3 is 2.61 bits per heavy atom. The average Bonchev–Trinajstić information content (AvgIpc) is 2.54. The Bertz CT molecular complexity index is 688. The molecule has 1 N–H and O–H groups in total. The zero-order valence-electron chi connectivity index (χ0n) is 13.3. The monoisotopic (exact) mass is 339 g/mol. The number of pyridine rings is 1. The fraction of sp³-hybridized carbons (Fsp3) is 0.533. The van der Waals surface area contributed by atoms with Crippen LogP contribution in [0.3, 0.4) is 0 Å². The van der Waals surface area contributed by atoms with Crippen molar-refractivity contribution in [1.29, 1.82) is 0 Å². The van der Waals surface area contributed by atoms with Gasteiger partial charge in [0.2, 0.25) is 5.91 Å². The Kier molecular flexibility index (Phi) is 5.35. The topological polar surface area (TPSA) is 96.4 Å². The molecule has 2 heterocycles. The fourth-order valence-electron chi connectivity index (χ4n) is 2.46. The van der Waals surface area contributed by atoms with Gasteiger partial charge in [-0.3, -0.25) is 14.6 Å². The fourth-order valence-corrected chi connectivity index (χ4v) is 3.66. The van der Waals surface area contributed by atoms with Crippen molar-refractivity contribution < 1.29 is 18.0 Å². The van der Waals surface area contributed by atoms with Gasteiger partial charge in [-0.2, -0.15) is 0 Å². The number of carbonyl (C=O) groups excluding carboxylic acids is 2. The lowest BCUT2D eigenvalue weighted by atomic mass is 10.1. The van der Waals surface area contributed by atoms with Gasteiger partial charge < -0.3 is 10.2 Å². The van der Waals surface area contributed by atoms with E-state index in [0.29, 0.717) is 12.1 Å². The number of amides is 2. The second-order valence-electron chi connectivity index (χ2n) is 5.54. The van der Waals surface area contributed by atoms with E-state index in [1.807, 2.05) is 13.0 Å². The van der Waals surface area contributed by atoms with Crippen LogP contribution in [0.2, 0.25) is 0 Å². The summed E-state index contributed by atoms with van der Waals surface area (Å²) < 4.78 is 22.8. The van der Waals surface area contributed by atoms with E-state index in [1.165, 1.54) is 11.1 Å². The molecule has 0 saturated carbocycles. The number of hydrogen-bond acceptors (Lipinski definition) is 5. The van der Waals surface area contributed by atoms with Crippen LogP contribution in [0, 0.1) is 0 Å². The van der Waals surface area contributed by atoms with Crippen molar-refractivity contribution in [2.45, 2.75) is 26.3 Å². The molecule has 0 aromatic carbocycles. The molecule has 8 heteroatoms. The number of carbonyl (C=O) groups is 2. The molecule has 0 aliphatic carbocycles. The van der Waals surface area contributed by atoms with Crippen molar-refractivity contribution in [3.05, 3.63) is 29.6 Å². The van der Waals surface area contributed by atoms with E-state index in [2.05, 4.69) is 10.3 Å². The lowest BCUT2D eigenvalue weighted by Gasteiger charge is -2.29. The molecule has 23 heavy (non-hydrogen) atoms. The summed E-state index contributed by atoms with van der Waals surface area (Å²) in [5.74, 6) is -0.727. The van der Waals surface area contributed by atoms with Gasteiger partial charge in [-0.05, 0) is 25.0 Å². The maximum absolute atomic E-state index is 12.3. The first-order valence-electron chi connectivity index (χ1n) is 7.58. The molecule has 1 aliphatic heterocycles. The summed E-state index contributed by atoms with van der Waals surface area (Å²) in [5.41, 5.74) is 1.13. The lowest BCUT2D eigenvalue weighted by Crippen LogP contribution is -2.51. The van der Waals surface area contributed by atoms with Crippen LogP contribution in [0.1, 0.15) is 29.9 Å². The van der Waals surface area contributed by atoms with E-state index < -0.39 is 21.8 Å². The molecule has 0 spiro atoms. The van der Waals surface area contributed by atoms with Crippen LogP contribution >= 0.6 is 0 Å². The summed E-state index contributed by atoms with van der Waals surface area (Å²) in [6.07, 6.45) is 2.21. The zero-order chi connectivity index (χ0) is 17.0. The molecule has 1 aliphatic rings. The number of nitrogens with zero attached hydrogens (tertiary/aromatic N) is 2. The highest BCUT2D eigenvalue weighted by atomic mass is 32.2. The largest absolute Gasteiger partial charge is 0.339 e. The Morgan fingerprint density at radius 1 is 1.35 bits per heavy atom. The van der Waals surface area contributed by atoms with Crippen molar-refractivity contribution in [1.82, 2.24) is 15.2 Å². The number of aromatic nitrogens is 1. The molecule has 1 aromatic rings. The second kappa shape index (κ2) is 7.08. The van der Waals surface area contributed by atoms with Crippen molar-refractivity contribution in [2.24, 2.45) is 0 Å². The third-order valence-corrected chi connectivity index (χ3v) is 5.47. The molecule has 1 atom stereocenters. The average molecular weight is 339 g/mol. The molecule has 7 nitrogen and oxygen atoms in total. The molecule has 1 aromatic heterocycles. The summed E-state index contributed by atoms with van der Waals surface area (Å²) in [4.78, 5) is 30.2. The molecule has 2 amide bonds. The van der Waals surface area contributed by atoms with Gasteiger partial charge in [-0.15, -0.1) is 0 Å². The van der Waals surface area contributed by atoms with Crippen LogP contribution in [0.4, 0.5) is 0 Å². The molecule has 1 unspecified atom stereocenters. The first-order valence-corrected chi connectivity index (χ1v) is 9.40. The highest BCUT2D eigenvalue weighted by Crippen LogP contribution is 2.08. The minimum Gasteiger partial charge on any atom is -0.339 e. The van der Waals surface area contributed by atoms with E-state index in [1.54, 1.807) is 13.0 Å². The van der Waals surface area contributed by atoms with Gasteiger partial charge in [0.1, 0.15) is 11.7 Å². The minimum atomic E-state index is -3.04. The predicted octanol–water partition coefficient (Wildman–Crippen LogP) is 0.0193. The van der Waals surface area contributed by atoms with Crippen LogP contribution < -0.4 is 5.32 Å². The molecule has 0 bridgehead atoms. The van der Waals surface area contributed by atoms with Crippen molar-refractivity contribution in [3.8, 4) is 0 Å². The minimum absolute atomic E-state index is 0.0281. The Morgan fingerprint density at radius 2 is 2.00 bits per heavy atom. The summed E-state index contributed by atoms with van der Waals surface area (Å²) >= 11 is 0. The molecule has 1 fully saturated rings. The highest BCUT2D eigenvalue weighted by molar-refractivity contribution is 7.91. The number of sulfone groups is 1. The SMILES string of the molecule is CCc1cccnc1C(=O)NC(C)C(=O)N1CCS(=O)(=O)CC1. The Balaban J connectivity index is 1.99. The van der Waals surface area contributed by atoms with Crippen LogP contribution in [-0.4, -0.2) is 60.8 Å². The third-order valence-electron chi connectivity index (χ3n) is 3.86. The highest BCUT2D eigenvalue weighted by Gasteiger charge is 2.29. The van der Waals surface area contributed by atoms with E-state index in [-0.39, 0.29) is 30.5 Å². The smallest absolute Gasteiger partial charge is 0.270 e. The summed E-state index contributed by atoms with van der Waals surface area (Å²) in [6, 6.07) is 2.86. The van der Waals surface area contributed by atoms with Crippen molar-refractivity contribution in [2.75, 3.05) is 24.6 Å². The van der Waals surface area contributed by atoms with Gasteiger partial charge in [0.15, 0.2) is 9.84 Å². The quantitative estimate of drug-likeness (QED) is 0.834. The molecular weight excluding hydrogens is 318 g/mol. The van der Waals surface area contributed by atoms with Crippen molar-refractivity contribution >= 4 is 21.7 Å². The maximum atomic E-state index is 12.3. The van der Waals surface area contributed by atoms with Crippen LogP contribution in [0.15, 0.2) is 18.3 Å². The summed E-state index contributed by atoms with van der Waals surface area (Å²) in [7, 11) is -3.04. The van der Waals surface area contributed by atoms with Gasteiger partial charge in [0.05, 0.1) is 11.5 Å². The first-order chi connectivity index (χ1) is 10.8. The van der Waals surface area contributed by atoms with Crippen LogP contribution in [-0.2, 0) is 21.1 Å². The molecular formula is C15H21N3O4S. The van der Waals surface area contributed by atoms with E-state index in [0.717, 1.165) is 5.56 Å². The number of nitrogens with one attached hydrogen (secondary N) is 1. The predicted molar refractivity (Wildman–Crippen MR) is 85.8 cm³/mol. The lowest BCUT2D eigenvalue weighted by molar-refractivity contribution is -0.132. The molecule has 2 rings (SSSR count). The number of rotatable bonds is 4.